The number of esters is 1. The molecule has 0 amide bonds. The fraction of sp³-hybridized carbons (Fsp3) is 0.417. The lowest BCUT2D eigenvalue weighted by Gasteiger charge is -2.12. The third-order valence-corrected chi connectivity index (χ3v) is 2.22. The molecule has 0 unspecified atom stereocenters. The first kappa shape index (κ1) is 12.4. The molecule has 0 heterocycles. The maximum Gasteiger partial charge on any atom is 0.338 e. The summed E-state index contributed by atoms with van der Waals surface area (Å²) in [6.45, 7) is 5.39. The number of benzene rings is 1. The summed E-state index contributed by atoms with van der Waals surface area (Å²) in [7, 11) is 1.53. The second-order valence-corrected chi connectivity index (χ2v) is 3.84. The Balaban J connectivity index is 3.11. The normalized spacial score (nSPS) is 10.3. The highest BCUT2D eigenvalue weighted by atomic mass is 16.5. The summed E-state index contributed by atoms with van der Waals surface area (Å²) in [5.41, 5.74) is 7.46. The van der Waals surface area contributed by atoms with Crippen LogP contribution < -0.4 is 10.5 Å². The Bertz CT molecular complexity index is 399. The molecule has 0 aliphatic rings. The number of nitrogens with two attached hydrogens (primary N) is 1. The monoisotopic (exact) mass is 223 g/mol. The van der Waals surface area contributed by atoms with Crippen LogP contribution in [0.2, 0.25) is 0 Å². The van der Waals surface area contributed by atoms with Crippen LogP contribution in [-0.2, 0) is 4.74 Å². The van der Waals surface area contributed by atoms with Gasteiger partial charge in [-0.15, -0.1) is 0 Å². The van der Waals surface area contributed by atoms with E-state index in [-0.39, 0.29) is 12.1 Å². The fourth-order valence-corrected chi connectivity index (χ4v) is 1.32. The number of nitrogen functional groups attached to an aromatic ring is 1. The molecule has 16 heavy (non-hydrogen) atoms. The Morgan fingerprint density at radius 3 is 2.50 bits per heavy atom. The van der Waals surface area contributed by atoms with Gasteiger partial charge in [0.05, 0.1) is 18.8 Å². The van der Waals surface area contributed by atoms with Gasteiger partial charge < -0.3 is 15.2 Å². The number of carbonyl (C=O) groups excluding carboxylic acids is 1. The molecule has 1 aromatic rings. The van der Waals surface area contributed by atoms with Crippen LogP contribution in [0.3, 0.4) is 0 Å². The van der Waals surface area contributed by atoms with Crippen LogP contribution in [0.4, 0.5) is 5.69 Å². The second-order valence-electron chi connectivity index (χ2n) is 3.84. The van der Waals surface area contributed by atoms with Gasteiger partial charge in [-0.2, -0.15) is 0 Å². The number of anilines is 1. The SMILES string of the molecule is COc1cc(N)c(C)c(C(=O)OC(C)C)c1. The van der Waals surface area contributed by atoms with Crippen molar-refractivity contribution in [1.82, 2.24) is 0 Å². The summed E-state index contributed by atoms with van der Waals surface area (Å²) < 4.78 is 10.2. The van der Waals surface area contributed by atoms with E-state index in [1.807, 2.05) is 0 Å². The van der Waals surface area contributed by atoms with Crippen LogP contribution in [0.5, 0.6) is 5.75 Å². The summed E-state index contributed by atoms with van der Waals surface area (Å²) in [6.07, 6.45) is -0.153. The van der Waals surface area contributed by atoms with E-state index >= 15 is 0 Å². The van der Waals surface area contributed by atoms with Crippen LogP contribution in [0.15, 0.2) is 12.1 Å². The Kier molecular flexibility index (Phi) is 3.77. The summed E-state index contributed by atoms with van der Waals surface area (Å²) >= 11 is 0. The first-order valence-electron chi connectivity index (χ1n) is 5.10. The molecule has 0 aliphatic heterocycles. The van der Waals surface area contributed by atoms with E-state index in [0.29, 0.717) is 22.6 Å². The molecule has 88 valence electrons. The molecule has 4 nitrogen and oxygen atoms in total. The third kappa shape index (κ3) is 2.66. The van der Waals surface area contributed by atoms with Gasteiger partial charge in [0.2, 0.25) is 0 Å². The fourth-order valence-electron chi connectivity index (χ4n) is 1.32. The van der Waals surface area contributed by atoms with Crippen LogP contribution >= 0.6 is 0 Å². The predicted molar refractivity (Wildman–Crippen MR) is 62.7 cm³/mol. The van der Waals surface area contributed by atoms with E-state index in [1.165, 1.54) is 7.11 Å². The topological polar surface area (TPSA) is 61.5 Å². The number of methoxy groups -OCH3 is 1. The highest BCUT2D eigenvalue weighted by Crippen LogP contribution is 2.24. The lowest BCUT2D eigenvalue weighted by molar-refractivity contribution is 0.0376. The van der Waals surface area contributed by atoms with Crippen molar-refractivity contribution in [1.29, 1.82) is 0 Å². The molecule has 0 bridgehead atoms. The minimum Gasteiger partial charge on any atom is -0.497 e. The first-order chi connectivity index (χ1) is 7.45. The molecule has 0 aromatic heterocycles. The zero-order chi connectivity index (χ0) is 12.3. The average molecular weight is 223 g/mol. The van der Waals surface area contributed by atoms with Crippen LogP contribution in [0.25, 0.3) is 0 Å². The molecule has 4 heteroatoms. The van der Waals surface area contributed by atoms with Crippen molar-refractivity contribution in [3.8, 4) is 5.75 Å². The smallest absolute Gasteiger partial charge is 0.338 e. The molecule has 0 saturated heterocycles. The summed E-state index contributed by atoms with van der Waals surface area (Å²) in [4.78, 5) is 11.8. The van der Waals surface area contributed by atoms with Crippen molar-refractivity contribution in [2.24, 2.45) is 0 Å². The van der Waals surface area contributed by atoms with E-state index in [4.69, 9.17) is 15.2 Å². The van der Waals surface area contributed by atoms with Crippen LogP contribution in [0.1, 0.15) is 29.8 Å². The van der Waals surface area contributed by atoms with E-state index in [0.717, 1.165) is 0 Å². The minimum atomic E-state index is -0.377. The van der Waals surface area contributed by atoms with Gasteiger partial charge in [-0.25, -0.2) is 4.79 Å². The van der Waals surface area contributed by atoms with Gasteiger partial charge in [-0.1, -0.05) is 0 Å². The maximum absolute atomic E-state index is 11.8. The number of hydrogen-bond acceptors (Lipinski definition) is 4. The first-order valence-corrected chi connectivity index (χ1v) is 5.10. The van der Waals surface area contributed by atoms with E-state index in [2.05, 4.69) is 0 Å². The largest absolute Gasteiger partial charge is 0.497 e. The molecular formula is C12H17NO3. The Morgan fingerprint density at radius 2 is 2.00 bits per heavy atom. The highest BCUT2D eigenvalue weighted by molar-refractivity contribution is 5.93. The van der Waals surface area contributed by atoms with Crippen LogP contribution in [0, 0.1) is 6.92 Å². The molecule has 0 spiro atoms. The van der Waals surface area contributed by atoms with Gasteiger partial charge >= 0.3 is 5.97 Å². The molecule has 2 N–H and O–H groups in total. The van der Waals surface area contributed by atoms with Crippen LogP contribution in [-0.4, -0.2) is 19.2 Å². The van der Waals surface area contributed by atoms with Crippen molar-refractivity contribution < 1.29 is 14.3 Å². The van der Waals surface area contributed by atoms with E-state index < -0.39 is 0 Å². The van der Waals surface area contributed by atoms with Crippen molar-refractivity contribution in [3.05, 3.63) is 23.3 Å². The van der Waals surface area contributed by atoms with Gasteiger partial charge in [-0.05, 0) is 32.4 Å². The average Bonchev–Trinajstić information content (AvgIpc) is 2.20. The molecule has 0 atom stereocenters. The van der Waals surface area contributed by atoms with Gasteiger partial charge in [-0.3, -0.25) is 0 Å². The van der Waals surface area contributed by atoms with Crippen molar-refractivity contribution in [2.75, 3.05) is 12.8 Å². The molecule has 0 radical (unpaired) electrons. The molecular weight excluding hydrogens is 206 g/mol. The molecule has 0 aliphatic carbocycles. The zero-order valence-corrected chi connectivity index (χ0v) is 10.0. The predicted octanol–water partition coefficient (Wildman–Crippen LogP) is 2.15. The Labute approximate surface area is 95.3 Å². The number of carbonyl (C=O) groups is 1. The summed E-state index contributed by atoms with van der Waals surface area (Å²) in [6, 6.07) is 3.32. The minimum absolute atomic E-state index is 0.153. The third-order valence-electron chi connectivity index (χ3n) is 2.22. The molecule has 1 rings (SSSR count). The molecule has 0 saturated carbocycles. The quantitative estimate of drug-likeness (QED) is 0.630. The highest BCUT2D eigenvalue weighted by Gasteiger charge is 2.15. The molecule has 1 aromatic carbocycles. The summed E-state index contributed by atoms with van der Waals surface area (Å²) in [5, 5.41) is 0. The van der Waals surface area contributed by atoms with Gasteiger partial charge in [0, 0.05) is 11.8 Å². The maximum atomic E-state index is 11.8. The van der Waals surface area contributed by atoms with Gasteiger partial charge in [0.15, 0.2) is 0 Å². The number of hydrogen-bond donors (Lipinski definition) is 1. The lowest BCUT2D eigenvalue weighted by Crippen LogP contribution is -2.13. The number of rotatable bonds is 3. The van der Waals surface area contributed by atoms with Gasteiger partial charge in [0.1, 0.15) is 5.75 Å². The number of ether oxygens (including phenoxy) is 2. The van der Waals surface area contributed by atoms with Crippen molar-refractivity contribution in [3.63, 3.8) is 0 Å². The standard InChI is InChI=1S/C12H17NO3/c1-7(2)16-12(14)10-5-9(15-4)6-11(13)8(10)3/h5-7H,13H2,1-4H3. The van der Waals surface area contributed by atoms with Crippen molar-refractivity contribution in [2.45, 2.75) is 26.9 Å². The Hall–Kier alpha value is -1.71. The lowest BCUT2D eigenvalue weighted by atomic mass is 10.1. The van der Waals surface area contributed by atoms with E-state index in [9.17, 15) is 4.79 Å². The summed E-state index contributed by atoms with van der Waals surface area (Å²) in [5.74, 6) is 0.178. The van der Waals surface area contributed by atoms with Gasteiger partial charge in [0.25, 0.3) is 0 Å². The van der Waals surface area contributed by atoms with Crippen molar-refractivity contribution >= 4 is 11.7 Å². The molecule has 0 fully saturated rings. The second kappa shape index (κ2) is 4.88. The van der Waals surface area contributed by atoms with E-state index in [1.54, 1.807) is 32.9 Å². The zero-order valence-electron chi connectivity index (χ0n) is 10.0. The Morgan fingerprint density at radius 1 is 1.38 bits per heavy atom.